The van der Waals surface area contributed by atoms with Crippen LogP contribution in [0, 0.1) is 0 Å². The van der Waals surface area contributed by atoms with Crippen LogP contribution in [0.3, 0.4) is 0 Å². The van der Waals surface area contributed by atoms with E-state index in [1.807, 2.05) is 66.7 Å². The maximum absolute atomic E-state index is 6.41. The Morgan fingerprint density at radius 3 is 1.59 bits per heavy atom. The maximum atomic E-state index is 6.41. The third-order valence-corrected chi connectivity index (χ3v) is 9.92. The van der Waals surface area contributed by atoms with Gasteiger partial charge in [0.1, 0.15) is 11.2 Å². The molecule has 2 heterocycles. The lowest BCUT2D eigenvalue weighted by atomic mass is 10.0. The van der Waals surface area contributed by atoms with E-state index in [0.717, 1.165) is 55.7 Å². The van der Waals surface area contributed by atoms with Crippen LogP contribution in [-0.2, 0) is 0 Å². The molecule has 10 rings (SSSR count). The third-order valence-electron chi connectivity index (χ3n) is 9.92. The molecule has 0 aliphatic carbocycles. The van der Waals surface area contributed by atoms with E-state index in [9.17, 15) is 0 Å². The predicted octanol–water partition coefficient (Wildman–Crippen LogP) is 13.1. The van der Waals surface area contributed by atoms with Gasteiger partial charge in [-0.2, -0.15) is 0 Å². The van der Waals surface area contributed by atoms with E-state index < -0.39 is 0 Å². The van der Waals surface area contributed by atoms with Gasteiger partial charge in [-0.1, -0.05) is 133 Å². The Morgan fingerprint density at radius 1 is 0.352 bits per heavy atom. The van der Waals surface area contributed by atoms with Crippen molar-refractivity contribution in [3.8, 4) is 45.3 Å². The molecule has 0 bridgehead atoms. The topological polar surface area (TPSA) is 55.1 Å². The van der Waals surface area contributed by atoms with Crippen molar-refractivity contribution in [2.45, 2.75) is 0 Å². The highest BCUT2D eigenvalue weighted by Gasteiger charge is 2.19. The fourth-order valence-corrected chi connectivity index (χ4v) is 7.22. The molecule has 0 N–H and O–H groups in total. The van der Waals surface area contributed by atoms with E-state index in [4.69, 9.17) is 19.4 Å². The molecule has 0 fully saturated rings. The molecule has 0 aliphatic heterocycles. The first-order valence-corrected chi connectivity index (χ1v) is 18.0. The first-order chi connectivity index (χ1) is 26.7. The van der Waals surface area contributed by atoms with Gasteiger partial charge in [0.2, 0.25) is 0 Å². The average molecular weight is 693 g/mol. The van der Waals surface area contributed by atoms with Gasteiger partial charge in [-0.05, 0) is 82.6 Å². The van der Waals surface area contributed by atoms with Crippen molar-refractivity contribution >= 4 is 49.8 Å². The Kier molecular flexibility index (Phi) is 7.73. The molecule has 2 aromatic heterocycles. The van der Waals surface area contributed by atoms with Crippen LogP contribution in [0.5, 0.6) is 0 Å². The van der Waals surface area contributed by atoms with Gasteiger partial charge in [-0.15, -0.1) is 0 Å². The highest BCUT2D eigenvalue weighted by Crippen LogP contribution is 2.39. The number of nitrogens with zero attached hydrogens (tertiary/aromatic N) is 4. The monoisotopic (exact) mass is 692 g/mol. The van der Waals surface area contributed by atoms with Crippen LogP contribution in [0.15, 0.2) is 199 Å². The van der Waals surface area contributed by atoms with Gasteiger partial charge in [0, 0.05) is 39.0 Å². The first kappa shape index (κ1) is 31.4. The minimum absolute atomic E-state index is 0.559. The van der Waals surface area contributed by atoms with E-state index in [2.05, 4.69) is 132 Å². The summed E-state index contributed by atoms with van der Waals surface area (Å²) in [5.74, 6) is 1.75. The van der Waals surface area contributed by atoms with Gasteiger partial charge in [-0.25, -0.2) is 15.0 Å². The van der Waals surface area contributed by atoms with Crippen LogP contribution < -0.4 is 4.90 Å². The predicted molar refractivity (Wildman–Crippen MR) is 221 cm³/mol. The highest BCUT2D eigenvalue weighted by molar-refractivity contribution is 6.09. The summed E-state index contributed by atoms with van der Waals surface area (Å²) in [6.07, 6.45) is 0. The second kappa shape index (κ2) is 13.3. The molecule has 254 valence electrons. The van der Waals surface area contributed by atoms with Crippen molar-refractivity contribution in [3.05, 3.63) is 194 Å². The van der Waals surface area contributed by atoms with Gasteiger partial charge in [0.15, 0.2) is 17.5 Å². The number of hydrogen-bond acceptors (Lipinski definition) is 5. The largest absolute Gasteiger partial charge is 0.455 e. The highest BCUT2D eigenvalue weighted by atomic mass is 16.3. The van der Waals surface area contributed by atoms with Crippen LogP contribution >= 0.6 is 0 Å². The number of aromatic nitrogens is 3. The lowest BCUT2D eigenvalue weighted by Crippen LogP contribution is -2.10. The number of hydrogen-bond donors (Lipinski definition) is 0. The van der Waals surface area contributed by atoms with Crippen molar-refractivity contribution in [1.82, 2.24) is 15.0 Å². The summed E-state index contributed by atoms with van der Waals surface area (Å²) in [6, 6.07) is 67.1. The molecule has 5 nitrogen and oxygen atoms in total. The lowest BCUT2D eigenvalue weighted by molar-refractivity contribution is 0.669. The molecule has 0 unspecified atom stereocenters. The minimum atomic E-state index is 0.559. The molecule has 0 radical (unpaired) electrons. The molecule has 0 atom stereocenters. The summed E-state index contributed by atoms with van der Waals surface area (Å²) in [7, 11) is 0. The van der Waals surface area contributed by atoms with E-state index in [0.29, 0.717) is 17.5 Å². The summed E-state index contributed by atoms with van der Waals surface area (Å²) in [4.78, 5) is 17.4. The zero-order chi connectivity index (χ0) is 35.8. The fourth-order valence-electron chi connectivity index (χ4n) is 7.22. The quantitative estimate of drug-likeness (QED) is 0.166. The smallest absolute Gasteiger partial charge is 0.167 e. The van der Waals surface area contributed by atoms with Crippen molar-refractivity contribution in [2.75, 3.05) is 4.90 Å². The number of rotatable bonds is 7. The Labute approximate surface area is 312 Å². The Bertz CT molecular complexity index is 2920. The number of anilines is 3. The Hall–Kier alpha value is -7.37. The van der Waals surface area contributed by atoms with Crippen molar-refractivity contribution in [2.24, 2.45) is 0 Å². The molecular formula is C49H32N4O. The molecule has 0 saturated carbocycles. The number of furan rings is 1. The summed E-state index contributed by atoms with van der Waals surface area (Å²) >= 11 is 0. The van der Waals surface area contributed by atoms with E-state index in [-0.39, 0.29) is 0 Å². The van der Waals surface area contributed by atoms with Crippen molar-refractivity contribution in [1.29, 1.82) is 0 Å². The van der Waals surface area contributed by atoms with Gasteiger partial charge < -0.3 is 9.32 Å². The maximum Gasteiger partial charge on any atom is 0.167 e. The zero-order valence-corrected chi connectivity index (χ0v) is 29.2. The molecule has 0 aliphatic rings. The SMILES string of the molecule is c1ccc(-c2ccc(N(c3ccc(-c4nc(-c5ccccc5)nc(-c5cccc6c5oc5ccccc56)n4)cc3)c3ccc4ccccc4c3)cc2)cc1. The van der Waals surface area contributed by atoms with Gasteiger partial charge in [0.25, 0.3) is 0 Å². The third kappa shape index (κ3) is 5.74. The van der Waals surface area contributed by atoms with E-state index in [1.54, 1.807) is 0 Å². The summed E-state index contributed by atoms with van der Waals surface area (Å²) in [5.41, 5.74) is 9.72. The number of fused-ring (bicyclic) bond motifs is 4. The number of para-hydroxylation sites is 2. The molecule has 5 heteroatoms. The molecule has 0 amide bonds. The first-order valence-electron chi connectivity index (χ1n) is 18.0. The van der Waals surface area contributed by atoms with E-state index in [1.165, 1.54) is 21.9 Å². The summed E-state index contributed by atoms with van der Waals surface area (Å²) < 4.78 is 6.41. The van der Waals surface area contributed by atoms with Gasteiger partial charge in [-0.3, -0.25) is 0 Å². The second-order valence-corrected chi connectivity index (χ2v) is 13.3. The normalized spacial score (nSPS) is 11.3. The molecule has 54 heavy (non-hydrogen) atoms. The molecule has 0 saturated heterocycles. The van der Waals surface area contributed by atoms with Crippen molar-refractivity contribution < 1.29 is 4.42 Å². The number of benzene rings is 8. The Balaban J connectivity index is 1.09. The molecular weight excluding hydrogens is 661 g/mol. The minimum Gasteiger partial charge on any atom is -0.455 e. The fraction of sp³-hybridized carbons (Fsp3) is 0. The van der Waals surface area contributed by atoms with Crippen molar-refractivity contribution in [3.63, 3.8) is 0 Å². The van der Waals surface area contributed by atoms with Crippen LogP contribution in [0.2, 0.25) is 0 Å². The second-order valence-electron chi connectivity index (χ2n) is 13.3. The molecule has 0 spiro atoms. The summed E-state index contributed by atoms with van der Waals surface area (Å²) in [6.45, 7) is 0. The Morgan fingerprint density at radius 2 is 0.870 bits per heavy atom. The van der Waals surface area contributed by atoms with Crippen LogP contribution in [-0.4, -0.2) is 15.0 Å². The van der Waals surface area contributed by atoms with Gasteiger partial charge in [0.05, 0.1) is 5.56 Å². The van der Waals surface area contributed by atoms with Crippen LogP contribution in [0.25, 0.3) is 78.0 Å². The average Bonchev–Trinajstić information content (AvgIpc) is 3.64. The standard InChI is InChI=1S/C49H32N4O/c1-3-12-33(13-4-1)35-22-27-39(28-23-35)53(41-31-24-34-14-7-8-17-38(34)32-41)40-29-25-37(26-30-40)48-50-47(36-15-5-2-6-16-36)51-49(52-48)44-20-11-19-43-42-18-9-10-21-45(42)54-46(43)44/h1-32H. The van der Waals surface area contributed by atoms with Crippen LogP contribution in [0.1, 0.15) is 0 Å². The molecule has 8 aromatic carbocycles. The zero-order valence-electron chi connectivity index (χ0n) is 29.2. The van der Waals surface area contributed by atoms with Gasteiger partial charge >= 0.3 is 0 Å². The summed E-state index contributed by atoms with van der Waals surface area (Å²) in [5, 5.41) is 4.48. The van der Waals surface area contributed by atoms with Crippen LogP contribution in [0.4, 0.5) is 17.1 Å². The lowest BCUT2D eigenvalue weighted by Gasteiger charge is -2.26. The van der Waals surface area contributed by atoms with E-state index >= 15 is 0 Å². The molecule has 10 aromatic rings.